The normalized spacial score (nSPS) is 16.1. The van der Waals surface area contributed by atoms with Crippen LogP contribution in [0.4, 0.5) is 0 Å². The van der Waals surface area contributed by atoms with Crippen LogP contribution in [0.5, 0.6) is 0 Å². The van der Waals surface area contributed by atoms with Crippen LogP contribution in [-0.4, -0.2) is 38.7 Å². The average molecular weight is 528 g/mol. The van der Waals surface area contributed by atoms with Crippen molar-refractivity contribution in [1.82, 2.24) is 4.98 Å². The summed E-state index contributed by atoms with van der Waals surface area (Å²) in [6.07, 6.45) is 8.53. The Kier molecular flexibility index (Phi) is 9.64. The molecule has 1 aliphatic rings. The second-order valence-electron chi connectivity index (χ2n) is 8.75. The molecule has 3 rings (SSSR count). The number of rotatable bonds is 13. The molecule has 0 radical (unpaired) electrons. The minimum absolute atomic E-state index is 0.0673. The Labute approximate surface area is 206 Å². The maximum Gasteiger partial charge on any atom is 0.335 e. The summed E-state index contributed by atoms with van der Waals surface area (Å²) < 4.78 is 47.2. The number of hydrogen-bond acceptors (Lipinski definition) is 8. The summed E-state index contributed by atoms with van der Waals surface area (Å²) in [7, 11) is -6.53. The van der Waals surface area contributed by atoms with Gasteiger partial charge in [-0.15, -0.1) is 11.3 Å². The van der Waals surface area contributed by atoms with Gasteiger partial charge >= 0.3 is 7.60 Å². The summed E-state index contributed by atoms with van der Waals surface area (Å²) in [5, 5.41) is 0.670. The Morgan fingerprint density at radius 2 is 1.76 bits per heavy atom. The highest BCUT2D eigenvalue weighted by Crippen LogP contribution is 2.52. The lowest BCUT2D eigenvalue weighted by molar-refractivity contribution is -0.120. The zero-order valence-corrected chi connectivity index (χ0v) is 22.6. The van der Waals surface area contributed by atoms with Crippen LogP contribution in [0.1, 0.15) is 67.3 Å². The SMILES string of the molecule is CCOP(=O)(Cc1cnc(CC(=O)[C@H](CC2CCCC2)c2ccc(S(C)(=O)=O)cc2)s1)OCC. The van der Waals surface area contributed by atoms with Gasteiger partial charge in [-0.05, 0) is 43.9 Å². The smallest absolute Gasteiger partial charge is 0.309 e. The Morgan fingerprint density at radius 3 is 2.32 bits per heavy atom. The molecule has 0 saturated heterocycles. The van der Waals surface area contributed by atoms with Crippen LogP contribution in [0.3, 0.4) is 0 Å². The molecule has 1 aliphatic carbocycles. The van der Waals surface area contributed by atoms with E-state index in [-0.39, 0.29) is 29.2 Å². The van der Waals surface area contributed by atoms with E-state index in [9.17, 15) is 17.8 Å². The highest BCUT2D eigenvalue weighted by Gasteiger charge is 2.29. The van der Waals surface area contributed by atoms with Crippen molar-refractivity contribution in [3.63, 3.8) is 0 Å². The quantitative estimate of drug-likeness (QED) is 0.304. The third-order valence-corrected chi connectivity index (χ3v) is 10.4. The summed E-state index contributed by atoms with van der Waals surface area (Å²) in [6.45, 7) is 4.13. The largest absolute Gasteiger partial charge is 0.335 e. The lowest BCUT2D eigenvalue weighted by atomic mass is 9.84. The minimum Gasteiger partial charge on any atom is -0.309 e. The van der Waals surface area contributed by atoms with Gasteiger partial charge in [-0.2, -0.15) is 0 Å². The van der Waals surface area contributed by atoms with Crippen molar-refractivity contribution in [1.29, 1.82) is 0 Å². The number of thiazole rings is 1. The van der Waals surface area contributed by atoms with Gasteiger partial charge in [-0.3, -0.25) is 9.36 Å². The Morgan fingerprint density at radius 1 is 1.15 bits per heavy atom. The predicted octanol–water partition coefficient (Wildman–Crippen LogP) is 5.79. The number of hydrogen-bond donors (Lipinski definition) is 0. The highest BCUT2D eigenvalue weighted by molar-refractivity contribution is 7.90. The van der Waals surface area contributed by atoms with E-state index >= 15 is 0 Å². The Bertz CT molecular complexity index is 1100. The van der Waals surface area contributed by atoms with Crippen molar-refractivity contribution in [2.45, 2.75) is 69.3 Å². The summed E-state index contributed by atoms with van der Waals surface area (Å²) in [5.41, 5.74) is 0.846. The molecule has 2 aromatic rings. The molecule has 0 spiro atoms. The van der Waals surface area contributed by atoms with Crippen LogP contribution < -0.4 is 0 Å². The number of nitrogens with zero attached hydrogens (tertiary/aromatic N) is 1. The Balaban J connectivity index is 1.76. The molecule has 188 valence electrons. The number of aromatic nitrogens is 1. The van der Waals surface area contributed by atoms with Crippen LogP contribution >= 0.6 is 18.9 Å². The van der Waals surface area contributed by atoms with Crippen molar-refractivity contribution in [2.75, 3.05) is 19.5 Å². The van der Waals surface area contributed by atoms with Crippen LogP contribution in [-0.2, 0) is 40.8 Å². The molecule has 0 bridgehead atoms. The Hall–Kier alpha value is -1.38. The molecule has 1 fully saturated rings. The topological polar surface area (TPSA) is 99.6 Å². The first-order valence-electron chi connectivity index (χ1n) is 11.8. The van der Waals surface area contributed by atoms with Gasteiger partial charge in [0.15, 0.2) is 9.84 Å². The second kappa shape index (κ2) is 12.0. The van der Waals surface area contributed by atoms with Gasteiger partial charge in [-0.25, -0.2) is 13.4 Å². The van der Waals surface area contributed by atoms with Gasteiger partial charge in [0.05, 0.1) is 30.7 Å². The maximum atomic E-state index is 13.4. The first-order valence-corrected chi connectivity index (χ1v) is 16.2. The van der Waals surface area contributed by atoms with E-state index in [4.69, 9.17) is 9.05 Å². The lowest BCUT2D eigenvalue weighted by Crippen LogP contribution is -2.18. The molecule has 1 aromatic heterocycles. The standard InChI is InChI=1S/C24H34NO6PS2/c1-4-30-32(27,31-5-2)17-20-16-25-24(33-20)15-23(26)22(14-18-8-6-7-9-18)19-10-12-21(13-11-19)34(3,28)29/h10-13,16,18,22H,4-9,14-15,17H2,1-3H3/t22-/m1/s1. The fourth-order valence-electron chi connectivity index (χ4n) is 4.47. The monoisotopic (exact) mass is 527 g/mol. The number of carbonyl (C=O) groups is 1. The molecule has 34 heavy (non-hydrogen) atoms. The van der Waals surface area contributed by atoms with Crippen LogP contribution in [0, 0.1) is 5.92 Å². The first kappa shape index (κ1) is 27.2. The van der Waals surface area contributed by atoms with Crippen molar-refractivity contribution in [3.8, 4) is 0 Å². The first-order chi connectivity index (χ1) is 16.1. The zero-order valence-electron chi connectivity index (χ0n) is 20.1. The molecule has 0 N–H and O–H groups in total. The lowest BCUT2D eigenvalue weighted by Gasteiger charge is -2.20. The van der Waals surface area contributed by atoms with Crippen LogP contribution in [0.2, 0.25) is 0 Å². The van der Waals surface area contributed by atoms with E-state index < -0.39 is 17.4 Å². The zero-order chi connectivity index (χ0) is 24.8. The van der Waals surface area contributed by atoms with Crippen molar-refractivity contribution in [2.24, 2.45) is 5.92 Å². The molecular formula is C24H34NO6PS2. The fourth-order valence-corrected chi connectivity index (χ4v) is 8.07. The third-order valence-electron chi connectivity index (χ3n) is 6.07. The van der Waals surface area contributed by atoms with E-state index in [0.717, 1.165) is 29.7 Å². The fraction of sp³-hybridized carbons (Fsp3) is 0.583. The maximum absolute atomic E-state index is 13.4. The predicted molar refractivity (Wildman–Crippen MR) is 134 cm³/mol. The molecule has 1 aromatic carbocycles. The van der Waals surface area contributed by atoms with Gasteiger partial charge in [0.1, 0.15) is 10.8 Å². The number of ketones is 1. The molecule has 10 heteroatoms. The number of sulfone groups is 1. The van der Waals surface area contributed by atoms with Gasteiger partial charge < -0.3 is 9.05 Å². The highest BCUT2D eigenvalue weighted by atomic mass is 32.2. The van der Waals surface area contributed by atoms with Crippen molar-refractivity contribution >= 4 is 34.6 Å². The second-order valence-corrected chi connectivity index (χ2v) is 14.0. The number of benzene rings is 1. The number of Topliss-reactive ketones (excluding diaryl/α,β-unsaturated/α-hetero) is 1. The molecule has 1 heterocycles. The average Bonchev–Trinajstić information content (AvgIpc) is 3.43. The van der Waals surface area contributed by atoms with E-state index in [2.05, 4.69) is 4.98 Å². The third kappa shape index (κ3) is 7.56. The molecule has 7 nitrogen and oxygen atoms in total. The summed E-state index contributed by atoms with van der Waals surface area (Å²) in [5.74, 6) is 0.262. The number of carbonyl (C=O) groups excluding carboxylic acids is 1. The molecular weight excluding hydrogens is 493 g/mol. The van der Waals surface area contributed by atoms with E-state index in [1.807, 2.05) is 0 Å². The van der Waals surface area contributed by atoms with Crippen LogP contribution in [0.25, 0.3) is 0 Å². The molecule has 1 saturated carbocycles. The van der Waals surface area contributed by atoms with Crippen molar-refractivity contribution < 1.29 is 26.8 Å². The summed E-state index contributed by atoms with van der Waals surface area (Å²) in [6, 6.07) is 6.70. The van der Waals surface area contributed by atoms with E-state index in [0.29, 0.717) is 24.1 Å². The van der Waals surface area contributed by atoms with E-state index in [1.54, 1.807) is 44.3 Å². The summed E-state index contributed by atoms with van der Waals surface area (Å²) >= 11 is 1.36. The van der Waals surface area contributed by atoms with Gasteiger partial charge in [0, 0.05) is 23.2 Å². The minimum atomic E-state index is -3.29. The van der Waals surface area contributed by atoms with Gasteiger partial charge in [0.2, 0.25) is 0 Å². The molecule has 0 unspecified atom stereocenters. The van der Waals surface area contributed by atoms with Gasteiger partial charge in [-0.1, -0.05) is 37.8 Å². The molecule has 0 amide bonds. The van der Waals surface area contributed by atoms with E-state index in [1.165, 1.54) is 30.4 Å². The van der Waals surface area contributed by atoms with Crippen molar-refractivity contribution in [3.05, 3.63) is 45.9 Å². The molecule has 1 atom stereocenters. The van der Waals surface area contributed by atoms with Gasteiger partial charge in [0.25, 0.3) is 0 Å². The molecule has 0 aliphatic heterocycles. The summed E-state index contributed by atoms with van der Waals surface area (Å²) in [4.78, 5) is 18.8. The van der Waals surface area contributed by atoms with Crippen LogP contribution in [0.15, 0.2) is 35.4 Å².